The van der Waals surface area contributed by atoms with E-state index < -0.39 is 0 Å². The van der Waals surface area contributed by atoms with Crippen molar-refractivity contribution in [2.75, 3.05) is 13.2 Å². The second kappa shape index (κ2) is 7.18. The molecule has 120 valence electrons. The van der Waals surface area contributed by atoms with Gasteiger partial charge in [-0.25, -0.2) is 0 Å². The number of nitrogens with one attached hydrogen (secondary N) is 1. The molecule has 3 rings (SSSR count). The third kappa shape index (κ3) is 3.83. The van der Waals surface area contributed by atoms with Crippen LogP contribution in [-0.2, 0) is 17.8 Å². The van der Waals surface area contributed by atoms with Gasteiger partial charge < -0.3 is 14.8 Å². The van der Waals surface area contributed by atoms with Crippen LogP contribution in [0.15, 0.2) is 48.5 Å². The van der Waals surface area contributed by atoms with Crippen LogP contribution in [0.2, 0.25) is 0 Å². The lowest BCUT2D eigenvalue weighted by Gasteiger charge is -2.24. The predicted octanol–water partition coefficient (Wildman–Crippen LogP) is 2.95. The molecule has 0 bridgehead atoms. The predicted molar refractivity (Wildman–Crippen MR) is 88.6 cm³/mol. The summed E-state index contributed by atoms with van der Waals surface area (Å²) >= 11 is 0. The second-order valence-electron chi connectivity index (χ2n) is 5.62. The van der Waals surface area contributed by atoms with Gasteiger partial charge in [0.05, 0.1) is 12.5 Å². The summed E-state index contributed by atoms with van der Waals surface area (Å²) in [5.74, 6) is 1.61. The zero-order valence-electron chi connectivity index (χ0n) is 13.2. The lowest BCUT2D eigenvalue weighted by atomic mass is 9.96. The fourth-order valence-corrected chi connectivity index (χ4v) is 2.74. The molecule has 0 unspecified atom stereocenters. The van der Waals surface area contributed by atoms with Crippen LogP contribution in [0.1, 0.15) is 18.1 Å². The van der Waals surface area contributed by atoms with Gasteiger partial charge in [-0.05, 0) is 42.7 Å². The topological polar surface area (TPSA) is 47.6 Å². The Morgan fingerprint density at radius 2 is 2.13 bits per heavy atom. The first kappa shape index (κ1) is 15.4. The van der Waals surface area contributed by atoms with Gasteiger partial charge in [-0.3, -0.25) is 4.79 Å². The Hall–Kier alpha value is -2.49. The highest BCUT2D eigenvalue weighted by atomic mass is 16.5. The van der Waals surface area contributed by atoms with E-state index in [1.54, 1.807) is 0 Å². The lowest BCUT2D eigenvalue weighted by molar-refractivity contribution is -0.126. The molecule has 2 aromatic carbocycles. The molecule has 1 amide bonds. The van der Waals surface area contributed by atoms with Crippen molar-refractivity contribution in [1.82, 2.24) is 5.32 Å². The van der Waals surface area contributed by atoms with Crippen molar-refractivity contribution in [1.29, 1.82) is 0 Å². The molecule has 2 aromatic rings. The Morgan fingerprint density at radius 1 is 1.26 bits per heavy atom. The number of hydrogen-bond acceptors (Lipinski definition) is 3. The summed E-state index contributed by atoms with van der Waals surface area (Å²) in [6.07, 6.45) is 0.723. The number of hydrogen-bond donors (Lipinski definition) is 1. The number of rotatable bonds is 5. The molecule has 1 aliphatic heterocycles. The molecule has 0 saturated carbocycles. The van der Waals surface area contributed by atoms with Crippen molar-refractivity contribution in [3.63, 3.8) is 0 Å². The maximum absolute atomic E-state index is 12.4. The number of fused-ring (bicyclic) bond motifs is 1. The fraction of sp³-hybridized carbons (Fsp3) is 0.316. The van der Waals surface area contributed by atoms with Crippen LogP contribution in [-0.4, -0.2) is 19.1 Å². The van der Waals surface area contributed by atoms with Crippen molar-refractivity contribution >= 4 is 5.91 Å². The van der Waals surface area contributed by atoms with E-state index in [0.717, 1.165) is 29.0 Å². The summed E-state index contributed by atoms with van der Waals surface area (Å²) in [7, 11) is 0. The third-order valence-corrected chi connectivity index (χ3v) is 3.93. The molecule has 4 nitrogen and oxygen atoms in total. The summed E-state index contributed by atoms with van der Waals surface area (Å²) in [6.45, 7) is 3.52. The van der Waals surface area contributed by atoms with Gasteiger partial charge in [-0.15, -0.1) is 0 Å². The van der Waals surface area contributed by atoms with Gasteiger partial charge in [0.1, 0.15) is 18.1 Å². The molecule has 1 heterocycles. The Kier molecular flexibility index (Phi) is 4.81. The van der Waals surface area contributed by atoms with Gasteiger partial charge in [0.2, 0.25) is 5.91 Å². The summed E-state index contributed by atoms with van der Waals surface area (Å²) in [5, 5.41) is 2.99. The molecule has 0 aromatic heterocycles. The molecule has 0 aliphatic carbocycles. The standard InChI is InChI=1S/C19H21NO3/c1-2-22-17-8-5-6-14(10-17)12-20-19(21)16-11-15-7-3-4-9-18(15)23-13-16/h3-10,16H,2,11-13H2,1H3,(H,20,21)/t16-/m0/s1. The van der Waals surface area contributed by atoms with Gasteiger partial charge in [0, 0.05) is 6.54 Å². The molecular formula is C19H21NO3. The van der Waals surface area contributed by atoms with Gasteiger partial charge in [-0.1, -0.05) is 30.3 Å². The first-order valence-electron chi connectivity index (χ1n) is 7.96. The second-order valence-corrected chi connectivity index (χ2v) is 5.62. The van der Waals surface area contributed by atoms with Crippen LogP contribution in [0.25, 0.3) is 0 Å². The zero-order chi connectivity index (χ0) is 16.1. The van der Waals surface area contributed by atoms with E-state index in [-0.39, 0.29) is 11.8 Å². The highest BCUT2D eigenvalue weighted by molar-refractivity contribution is 5.79. The summed E-state index contributed by atoms with van der Waals surface area (Å²) in [6, 6.07) is 15.7. The van der Waals surface area contributed by atoms with E-state index in [1.807, 2.05) is 55.5 Å². The lowest BCUT2D eigenvalue weighted by Crippen LogP contribution is -2.37. The Balaban J connectivity index is 1.57. The van der Waals surface area contributed by atoms with Gasteiger partial charge in [-0.2, -0.15) is 0 Å². The molecule has 4 heteroatoms. The molecule has 23 heavy (non-hydrogen) atoms. The number of benzene rings is 2. The Morgan fingerprint density at radius 3 is 3.00 bits per heavy atom. The minimum atomic E-state index is -0.139. The van der Waals surface area contributed by atoms with Gasteiger partial charge in [0.25, 0.3) is 0 Å². The zero-order valence-corrected chi connectivity index (χ0v) is 13.2. The minimum Gasteiger partial charge on any atom is -0.494 e. The molecule has 1 N–H and O–H groups in total. The van der Waals surface area contributed by atoms with E-state index in [9.17, 15) is 4.79 Å². The smallest absolute Gasteiger partial charge is 0.227 e. The van der Waals surface area contributed by atoms with Gasteiger partial charge >= 0.3 is 0 Å². The molecule has 0 saturated heterocycles. The van der Waals surface area contributed by atoms with Gasteiger partial charge in [0.15, 0.2) is 0 Å². The van der Waals surface area contributed by atoms with Crippen molar-refractivity contribution in [2.24, 2.45) is 5.92 Å². The van der Waals surface area contributed by atoms with Crippen LogP contribution < -0.4 is 14.8 Å². The average molecular weight is 311 g/mol. The van der Waals surface area contributed by atoms with Crippen molar-refractivity contribution < 1.29 is 14.3 Å². The van der Waals surface area contributed by atoms with Crippen molar-refractivity contribution in [2.45, 2.75) is 19.9 Å². The van der Waals surface area contributed by atoms with Crippen LogP contribution >= 0.6 is 0 Å². The molecule has 0 radical (unpaired) electrons. The maximum atomic E-state index is 12.4. The number of para-hydroxylation sites is 1. The highest BCUT2D eigenvalue weighted by Crippen LogP contribution is 2.26. The first-order chi connectivity index (χ1) is 11.3. The fourth-order valence-electron chi connectivity index (χ4n) is 2.74. The van der Waals surface area contributed by atoms with E-state index >= 15 is 0 Å². The molecule has 0 fully saturated rings. The van der Waals surface area contributed by atoms with E-state index in [1.165, 1.54) is 0 Å². The molecule has 1 atom stereocenters. The van der Waals surface area contributed by atoms with Crippen LogP contribution in [0.5, 0.6) is 11.5 Å². The average Bonchev–Trinajstić information content (AvgIpc) is 2.60. The molecule has 0 spiro atoms. The number of ether oxygens (including phenoxy) is 2. The Labute approximate surface area is 136 Å². The third-order valence-electron chi connectivity index (χ3n) is 3.93. The Bertz CT molecular complexity index is 684. The normalized spacial score (nSPS) is 16.1. The summed E-state index contributed by atoms with van der Waals surface area (Å²) < 4.78 is 11.2. The monoisotopic (exact) mass is 311 g/mol. The van der Waals surface area contributed by atoms with Crippen LogP contribution in [0, 0.1) is 5.92 Å². The SMILES string of the molecule is CCOc1cccc(CNC(=O)[C@@H]2COc3ccccc3C2)c1. The number of carbonyl (C=O) groups is 1. The highest BCUT2D eigenvalue weighted by Gasteiger charge is 2.25. The number of carbonyl (C=O) groups excluding carboxylic acids is 1. The summed E-state index contributed by atoms with van der Waals surface area (Å²) in [4.78, 5) is 12.4. The van der Waals surface area contributed by atoms with Crippen molar-refractivity contribution in [3.8, 4) is 11.5 Å². The van der Waals surface area contributed by atoms with Crippen molar-refractivity contribution in [3.05, 3.63) is 59.7 Å². The first-order valence-corrected chi connectivity index (χ1v) is 7.96. The summed E-state index contributed by atoms with van der Waals surface area (Å²) in [5.41, 5.74) is 2.12. The van der Waals surface area contributed by atoms with E-state index in [0.29, 0.717) is 19.8 Å². The molecular weight excluding hydrogens is 290 g/mol. The van der Waals surface area contributed by atoms with E-state index in [4.69, 9.17) is 9.47 Å². The van der Waals surface area contributed by atoms with Crippen LogP contribution in [0.4, 0.5) is 0 Å². The van der Waals surface area contributed by atoms with E-state index in [2.05, 4.69) is 5.32 Å². The van der Waals surface area contributed by atoms with Crippen LogP contribution in [0.3, 0.4) is 0 Å². The largest absolute Gasteiger partial charge is 0.494 e. The quantitative estimate of drug-likeness (QED) is 0.923. The molecule has 1 aliphatic rings. The maximum Gasteiger partial charge on any atom is 0.227 e. The number of amides is 1. The minimum absolute atomic E-state index is 0.0290.